The first-order valence-corrected chi connectivity index (χ1v) is 5.30. The minimum absolute atomic E-state index is 0.113. The monoisotopic (exact) mass is 218 g/mol. The van der Waals surface area contributed by atoms with Crippen LogP contribution >= 0.6 is 0 Å². The van der Waals surface area contributed by atoms with Gasteiger partial charge in [-0.3, -0.25) is 0 Å². The average molecular weight is 218 g/mol. The normalized spacial score (nSPS) is 10.6. The van der Waals surface area contributed by atoms with Gasteiger partial charge in [0.1, 0.15) is 6.61 Å². The van der Waals surface area contributed by atoms with Crippen molar-refractivity contribution < 1.29 is 5.11 Å². The fourth-order valence-electron chi connectivity index (χ4n) is 1.59. The number of hydrogen-bond donors (Lipinski definition) is 1. The van der Waals surface area contributed by atoms with E-state index < -0.39 is 0 Å². The van der Waals surface area contributed by atoms with Crippen LogP contribution in [0.4, 0.5) is 0 Å². The first kappa shape index (κ1) is 10.8. The first-order chi connectivity index (χ1) is 7.90. The Hall–Kier alpha value is -1.75. The third kappa shape index (κ3) is 2.64. The van der Waals surface area contributed by atoms with Crippen molar-refractivity contribution in [2.75, 3.05) is 0 Å². The maximum atomic E-state index is 8.96. The molecule has 0 saturated carbocycles. The Kier molecular flexibility index (Phi) is 3.61. The lowest BCUT2D eigenvalue weighted by Crippen LogP contribution is -2.06. The molecule has 1 heterocycles. The highest BCUT2D eigenvalue weighted by Gasteiger charge is 2.03. The molecule has 5 nitrogen and oxygen atoms in total. The largest absolute Gasteiger partial charge is 0.388 e. The van der Waals surface area contributed by atoms with Gasteiger partial charge < -0.3 is 5.11 Å². The summed E-state index contributed by atoms with van der Waals surface area (Å²) >= 11 is 0. The quantitative estimate of drug-likeness (QED) is 0.806. The van der Waals surface area contributed by atoms with E-state index in [1.54, 1.807) is 4.68 Å². The van der Waals surface area contributed by atoms with E-state index >= 15 is 0 Å². The van der Waals surface area contributed by atoms with Crippen molar-refractivity contribution in [3.63, 3.8) is 0 Å². The van der Waals surface area contributed by atoms with Gasteiger partial charge in [0, 0.05) is 6.54 Å². The van der Waals surface area contributed by atoms with E-state index in [9.17, 15) is 0 Å². The SMILES string of the molecule is OCc1nnnn1CCCc1ccccc1. The summed E-state index contributed by atoms with van der Waals surface area (Å²) in [4.78, 5) is 0. The van der Waals surface area contributed by atoms with Crippen molar-refractivity contribution in [3.05, 3.63) is 41.7 Å². The second-order valence-electron chi connectivity index (χ2n) is 3.57. The van der Waals surface area contributed by atoms with E-state index in [1.807, 2.05) is 18.2 Å². The minimum Gasteiger partial charge on any atom is -0.388 e. The zero-order chi connectivity index (χ0) is 11.2. The number of aryl methyl sites for hydroxylation is 2. The second-order valence-corrected chi connectivity index (χ2v) is 3.57. The van der Waals surface area contributed by atoms with Gasteiger partial charge in [0.05, 0.1) is 0 Å². The zero-order valence-electron chi connectivity index (χ0n) is 8.95. The Morgan fingerprint density at radius 2 is 2.00 bits per heavy atom. The first-order valence-electron chi connectivity index (χ1n) is 5.30. The highest BCUT2D eigenvalue weighted by molar-refractivity contribution is 5.14. The number of rotatable bonds is 5. The number of benzene rings is 1. The third-order valence-electron chi connectivity index (χ3n) is 2.43. The molecule has 1 aromatic heterocycles. The predicted octanol–water partition coefficient (Wildman–Crippen LogP) is 0.798. The Labute approximate surface area is 93.7 Å². The van der Waals surface area contributed by atoms with Crippen molar-refractivity contribution in [3.8, 4) is 0 Å². The lowest BCUT2D eigenvalue weighted by molar-refractivity contribution is 0.262. The molecule has 0 spiro atoms. The van der Waals surface area contributed by atoms with Gasteiger partial charge in [-0.05, 0) is 28.8 Å². The Bertz CT molecular complexity index is 427. The van der Waals surface area contributed by atoms with E-state index in [2.05, 4.69) is 27.7 Å². The molecule has 0 saturated heterocycles. The number of nitrogens with zero attached hydrogens (tertiary/aromatic N) is 4. The molecular weight excluding hydrogens is 204 g/mol. The van der Waals surface area contributed by atoms with Crippen LogP contribution in [0.3, 0.4) is 0 Å². The molecule has 0 aliphatic heterocycles. The number of aliphatic hydroxyl groups excluding tert-OH is 1. The summed E-state index contributed by atoms with van der Waals surface area (Å²) in [5, 5.41) is 20.0. The lowest BCUT2D eigenvalue weighted by atomic mass is 10.1. The smallest absolute Gasteiger partial charge is 0.176 e. The molecule has 1 N–H and O–H groups in total. The van der Waals surface area contributed by atoms with Gasteiger partial charge in [0.2, 0.25) is 0 Å². The molecule has 0 radical (unpaired) electrons. The van der Waals surface area contributed by atoms with Gasteiger partial charge in [-0.1, -0.05) is 30.3 Å². The van der Waals surface area contributed by atoms with Crippen LogP contribution in [0.15, 0.2) is 30.3 Å². The van der Waals surface area contributed by atoms with E-state index in [4.69, 9.17) is 5.11 Å². The van der Waals surface area contributed by atoms with Crippen LogP contribution in [0.25, 0.3) is 0 Å². The second kappa shape index (κ2) is 5.37. The van der Waals surface area contributed by atoms with Gasteiger partial charge in [-0.25, -0.2) is 4.68 Å². The summed E-state index contributed by atoms with van der Waals surface area (Å²) in [5.41, 5.74) is 1.31. The molecule has 0 atom stereocenters. The van der Waals surface area contributed by atoms with Gasteiger partial charge in [-0.15, -0.1) is 5.10 Å². The standard InChI is InChI=1S/C11H14N4O/c16-9-11-12-13-14-15(11)8-4-7-10-5-2-1-3-6-10/h1-3,5-6,16H,4,7-9H2. The summed E-state index contributed by atoms with van der Waals surface area (Å²) in [5.74, 6) is 0.521. The molecular formula is C11H14N4O. The summed E-state index contributed by atoms with van der Waals surface area (Å²) in [7, 11) is 0. The van der Waals surface area contributed by atoms with Crippen LogP contribution in [0.2, 0.25) is 0 Å². The molecule has 16 heavy (non-hydrogen) atoms. The maximum absolute atomic E-state index is 8.96. The van der Waals surface area contributed by atoms with Crippen molar-refractivity contribution in [2.45, 2.75) is 26.0 Å². The van der Waals surface area contributed by atoms with Crippen LogP contribution in [0.1, 0.15) is 17.8 Å². The van der Waals surface area contributed by atoms with Crippen molar-refractivity contribution >= 4 is 0 Å². The topological polar surface area (TPSA) is 63.8 Å². The lowest BCUT2D eigenvalue weighted by Gasteiger charge is -2.02. The highest BCUT2D eigenvalue weighted by atomic mass is 16.3. The molecule has 0 aliphatic rings. The van der Waals surface area contributed by atoms with E-state index in [0.29, 0.717) is 5.82 Å². The number of aromatic nitrogens is 4. The van der Waals surface area contributed by atoms with E-state index in [1.165, 1.54) is 5.56 Å². The summed E-state index contributed by atoms with van der Waals surface area (Å²) in [6.07, 6.45) is 1.95. The average Bonchev–Trinajstić information content (AvgIpc) is 2.78. The molecule has 1 aromatic carbocycles. The van der Waals surface area contributed by atoms with E-state index in [0.717, 1.165) is 19.4 Å². The molecule has 2 aromatic rings. The van der Waals surface area contributed by atoms with Gasteiger partial charge in [0.15, 0.2) is 5.82 Å². The zero-order valence-corrected chi connectivity index (χ0v) is 8.95. The van der Waals surface area contributed by atoms with Gasteiger partial charge >= 0.3 is 0 Å². The van der Waals surface area contributed by atoms with Crippen LogP contribution in [0, 0.1) is 0 Å². The minimum atomic E-state index is -0.113. The van der Waals surface area contributed by atoms with Crippen LogP contribution in [-0.2, 0) is 19.6 Å². The van der Waals surface area contributed by atoms with Gasteiger partial charge in [0.25, 0.3) is 0 Å². The Morgan fingerprint density at radius 1 is 1.19 bits per heavy atom. The third-order valence-corrected chi connectivity index (χ3v) is 2.43. The van der Waals surface area contributed by atoms with Crippen LogP contribution in [-0.4, -0.2) is 25.3 Å². The van der Waals surface area contributed by atoms with Crippen LogP contribution < -0.4 is 0 Å². The molecule has 0 amide bonds. The van der Waals surface area contributed by atoms with Crippen molar-refractivity contribution in [1.29, 1.82) is 0 Å². The van der Waals surface area contributed by atoms with Crippen molar-refractivity contribution in [2.24, 2.45) is 0 Å². The molecule has 0 fully saturated rings. The number of hydrogen-bond acceptors (Lipinski definition) is 4. The molecule has 2 rings (SSSR count). The fourth-order valence-corrected chi connectivity index (χ4v) is 1.59. The fraction of sp³-hybridized carbons (Fsp3) is 0.364. The summed E-state index contributed by atoms with van der Waals surface area (Å²) in [6.45, 7) is 0.621. The molecule has 5 heteroatoms. The summed E-state index contributed by atoms with van der Waals surface area (Å²) in [6, 6.07) is 10.3. The number of aliphatic hydroxyl groups is 1. The van der Waals surface area contributed by atoms with Gasteiger partial charge in [-0.2, -0.15) is 0 Å². The maximum Gasteiger partial charge on any atom is 0.176 e. The molecule has 0 unspecified atom stereocenters. The Balaban J connectivity index is 1.85. The number of tetrazole rings is 1. The molecule has 0 aliphatic carbocycles. The molecule has 0 bridgehead atoms. The molecule has 84 valence electrons. The van der Waals surface area contributed by atoms with E-state index in [-0.39, 0.29) is 6.61 Å². The van der Waals surface area contributed by atoms with Crippen LogP contribution in [0.5, 0.6) is 0 Å². The van der Waals surface area contributed by atoms with Crippen molar-refractivity contribution in [1.82, 2.24) is 20.2 Å². The highest BCUT2D eigenvalue weighted by Crippen LogP contribution is 2.04. The Morgan fingerprint density at radius 3 is 2.75 bits per heavy atom. The predicted molar refractivity (Wildman–Crippen MR) is 58.5 cm³/mol. The summed E-state index contributed by atoms with van der Waals surface area (Å²) < 4.78 is 1.64.